The molecular formula is C21H30N4O3. The second-order valence-corrected chi connectivity index (χ2v) is 8.10. The lowest BCUT2D eigenvalue weighted by Crippen LogP contribution is -2.59. The summed E-state index contributed by atoms with van der Waals surface area (Å²) in [6, 6.07) is 7.38. The molecule has 28 heavy (non-hydrogen) atoms. The van der Waals surface area contributed by atoms with Crippen LogP contribution in [0.2, 0.25) is 0 Å². The van der Waals surface area contributed by atoms with Crippen molar-refractivity contribution in [2.24, 2.45) is 0 Å². The van der Waals surface area contributed by atoms with Gasteiger partial charge in [0, 0.05) is 51.2 Å². The highest BCUT2D eigenvalue weighted by atomic mass is 16.2. The van der Waals surface area contributed by atoms with Crippen LogP contribution in [0, 0.1) is 0 Å². The van der Waals surface area contributed by atoms with Crippen LogP contribution >= 0.6 is 0 Å². The molecule has 7 heteroatoms. The third kappa shape index (κ3) is 4.10. The lowest BCUT2D eigenvalue weighted by atomic mass is 10.1. The number of carbonyl (C=O) groups is 3. The van der Waals surface area contributed by atoms with Crippen LogP contribution in [0.15, 0.2) is 24.3 Å². The molecule has 0 bridgehead atoms. The molecule has 2 heterocycles. The second kappa shape index (κ2) is 8.41. The topological polar surface area (TPSA) is 64.2 Å². The van der Waals surface area contributed by atoms with Crippen molar-refractivity contribution < 1.29 is 14.4 Å². The maximum absolute atomic E-state index is 12.8. The zero-order valence-electron chi connectivity index (χ0n) is 17.2. The Labute approximate surface area is 166 Å². The van der Waals surface area contributed by atoms with Gasteiger partial charge in [-0.25, -0.2) is 0 Å². The van der Waals surface area contributed by atoms with E-state index >= 15 is 0 Å². The molecule has 2 aliphatic rings. The summed E-state index contributed by atoms with van der Waals surface area (Å²) in [6.45, 7) is 7.76. The van der Waals surface area contributed by atoms with Gasteiger partial charge >= 0.3 is 0 Å². The molecule has 152 valence electrons. The summed E-state index contributed by atoms with van der Waals surface area (Å²) >= 11 is 0. The van der Waals surface area contributed by atoms with Crippen LogP contribution < -0.4 is 0 Å². The Kier molecular flexibility index (Phi) is 6.15. The smallest absolute Gasteiger partial charge is 0.261 e. The number of hydrogen-bond acceptors (Lipinski definition) is 5. The molecular weight excluding hydrogens is 356 g/mol. The number of imide groups is 1. The van der Waals surface area contributed by atoms with Gasteiger partial charge in [0.15, 0.2) is 0 Å². The van der Waals surface area contributed by atoms with E-state index in [4.69, 9.17) is 0 Å². The van der Waals surface area contributed by atoms with Crippen molar-refractivity contribution in [1.82, 2.24) is 19.6 Å². The molecule has 7 nitrogen and oxygen atoms in total. The molecule has 0 saturated carbocycles. The molecule has 1 saturated heterocycles. The fourth-order valence-electron chi connectivity index (χ4n) is 4.12. The van der Waals surface area contributed by atoms with E-state index < -0.39 is 0 Å². The highest BCUT2D eigenvalue weighted by Crippen LogP contribution is 2.23. The molecule has 2 atom stereocenters. The van der Waals surface area contributed by atoms with Crippen LogP contribution in [0.4, 0.5) is 0 Å². The molecule has 1 aromatic carbocycles. The lowest BCUT2D eigenvalue weighted by molar-refractivity contribution is -0.135. The van der Waals surface area contributed by atoms with Gasteiger partial charge in [-0.05, 0) is 40.1 Å². The standard InChI is InChI=1S/C21H30N4O3/c1-15-13-23(14-16(2)24(15)12-11-22(3)4)19(26)9-10-25-20(27)17-7-5-6-8-18(17)21(25)28/h5-8,15-16H,9-14H2,1-4H3. The predicted molar refractivity (Wildman–Crippen MR) is 107 cm³/mol. The van der Waals surface area contributed by atoms with E-state index in [1.54, 1.807) is 24.3 Å². The molecule has 2 aliphatic heterocycles. The van der Waals surface area contributed by atoms with Gasteiger partial charge < -0.3 is 9.80 Å². The number of amides is 3. The summed E-state index contributed by atoms with van der Waals surface area (Å²) < 4.78 is 0. The molecule has 1 aromatic rings. The molecule has 1 fully saturated rings. The van der Waals surface area contributed by atoms with E-state index in [9.17, 15) is 14.4 Å². The minimum absolute atomic E-state index is 0.00233. The molecule has 0 aromatic heterocycles. The van der Waals surface area contributed by atoms with Crippen LogP contribution in [0.5, 0.6) is 0 Å². The van der Waals surface area contributed by atoms with Crippen LogP contribution in [-0.4, -0.2) is 96.2 Å². The van der Waals surface area contributed by atoms with Crippen LogP contribution in [-0.2, 0) is 4.79 Å². The Morgan fingerprint density at radius 1 is 1.00 bits per heavy atom. The van der Waals surface area contributed by atoms with E-state index in [1.807, 2.05) is 4.90 Å². The van der Waals surface area contributed by atoms with Crippen LogP contribution in [0.1, 0.15) is 41.0 Å². The fraction of sp³-hybridized carbons (Fsp3) is 0.571. The first-order valence-electron chi connectivity index (χ1n) is 9.93. The van der Waals surface area contributed by atoms with E-state index in [-0.39, 0.29) is 42.8 Å². The largest absolute Gasteiger partial charge is 0.340 e. The van der Waals surface area contributed by atoms with E-state index in [0.29, 0.717) is 24.2 Å². The average molecular weight is 386 g/mol. The summed E-state index contributed by atoms with van der Waals surface area (Å²) in [4.78, 5) is 45.3. The third-order valence-electron chi connectivity index (χ3n) is 5.69. The van der Waals surface area contributed by atoms with Gasteiger partial charge in [0.05, 0.1) is 11.1 Å². The predicted octanol–water partition coefficient (Wildman–Crippen LogP) is 1.16. The molecule has 3 rings (SSSR count). The van der Waals surface area contributed by atoms with Gasteiger partial charge in [-0.1, -0.05) is 12.1 Å². The zero-order valence-corrected chi connectivity index (χ0v) is 17.2. The number of nitrogens with zero attached hydrogens (tertiary/aromatic N) is 4. The SMILES string of the molecule is CC1CN(C(=O)CCN2C(=O)c3ccccc3C2=O)CC(C)N1CCN(C)C. The van der Waals surface area contributed by atoms with Gasteiger partial charge in [0.25, 0.3) is 11.8 Å². The van der Waals surface area contributed by atoms with Gasteiger partial charge in [-0.2, -0.15) is 0 Å². The van der Waals surface area contributed by atoms with Gasteiger partial charge in [-0.3, -0.25) is 24.2 Å². The van der Waals surface area contributed by atoms with E-state index in [1.165, 1.54) is 4.90 Å². The van der Waals surface area contributed by atoms with Crippen molar-refractivity contribution in [1.29, 1.82) is 0 Å². The number of likely N-dealkylation sites (N-methyl/N-ethyl adjacent to an activating group) is 1. The lowest BCUT2D eigenvalue weighted by Gasteiger charge is -2.45. The Balaban J connectivity index is 1.55. The van der Waals surface area contributed by atoms with Crippen molar-refractivity contribution in [2.45, 2.75) is 32.4 Å². The maximum atomic E-state index is 12.8. The number of hydrogen-bond donors (Lipinski definition) is 0. The Bertz CT molecular complexity index is 717. The minimum Gasteiger partial charge on any atom is -0.340 e. The average Bonchev–Trinajstić information content (AvgIpc) is 2.89. The summed E-state index contributed by atoms with van der Waals surface area (Å²) in [5, 5.41) is 0. The van der Waals surface area contributed by atoms with Gasteiger partial charge in [0.2, 0.25) is 5.91 Å². The van der Waals surface area contributed by atoms with Crippen LogP contribution in [0.3, 0.4) is 0 Å². The summed E-state index contributed by atoms with van der Waals surface area (Å²) in [5.41, 5.74) is 0.855. The van der Waals surface area contributed by atoms with E-state index in [0.717, 1.165) is 13.1 Å². The normalized spacial score (nSPS) is 22.9. The molecule has 0 spiro atoms. The van der Waals surface area contributed by atoms with E-state index in [2.05, 4.69) is 37.7 Å². The third-order valence-corrected chi connectivity index (χ3v) is 5.69. The van der Waals surface area contributed by atoms with Crippen molar-refractivity contribution in [2.75, 3.05) is 46.8 Å². The highest BCUT2D eigenvalue weighted by molar-refractivity contribution is 6.21. The number of carbonyl (C=O) groups excluding carboxylic acids is 3. The molecule has 0 radical (unpaired) electrons. The Morgan fingerprint density at radius 3 is 2.04 bits per heavy atom. The fourth-order valence-corrected chi connectivity index (χ4v) is 4.12. The van der Waals surface area contributed by atoms with Crippen molar-refractivity contribution >= 4 is 17.7 Å². The second-order valence-electron chi connectivity index (χ2n) is 8.10. The number of fused-ring (bicyclic) bond motifs is 1. The van der Waals surface area contributed by atoms with Crippen molar-refractivity contribution in [3.8, 4) is 0 Å². The number of rotatable bonds is 6. The number of piperazine rings is 1. The number of benzene rings is 1. The summed E-state index contributed by atoms with van der Waals surface area (Å²) in [6.07, 6.45) is 0.169. The molecule has 2 unspecified atom stereocenters. The Hall–Kier alpha value is -2.25. The monoisotopic (exact) mass is 386 g/mol. The highest BCUT2D eigenvalue weighted by Gasteiger charge is 2.36. The molecule has 0 N–H and O–H groups in total. The first kappa shape index (κ1) is 20.5. The molecule has 0 aliphatic carbocycles. The maximum Gasteiger partial charge on any atom is 0.261 e. The summed E-state index contributed by atoms with van der Waals surface area (Å²) in [7, 11) is 4.13. The minimum atomic E-state index is -0.302. The Morgan fingerprint density at radius 2 is 1.54 bits per heavy atom. The van der Waals surface area contributed by atoms with Crippen LogP contribution in [0.25, 0.3) is 0 Å². The van der Waals surface area contributed by atoms with Crippen molar-refractivity contribution in [3.63, 3.8) is 0 Å². The van der Waals surface area contributed by atoms with Gasteiger partial charge in [0.1, 0.15) is 0 Å². The summed E-state index contributed by atoms with van der Waals surface area (Å²) in [5.74, 6) is -0.602. The zero-order chi connectivity index (χ0) is 20.4. The van der Waals surface area contributed by atoms with Gasteiger partial charge in [-0.15, -0.1) is 0 Å². The molecule has 3 amide bonds. The first-order chi connectivity index (χ1) is 13.3. The first-order valence-corrected chi connectivity index (χ1v) is 9.93. The van der Waals surface area contributed by atoms with Crippen molar-refractivity contribution in [3.05, 3.63) is 35.4 Å². The quantitative estimate of drug-likeness (QED) is 0.687.